The van der Waals surface area contributed by atoms with Crippen LogP contribution in [0.3, 0.4) is 0 Å². The van der Waals surface area contributed by atoms with Gasteiger partial charge < -0.3 is 24.2 Å². The number of aliphatic hydroxyl groups excluding tert-OH is 1. The molecule has 10 heteroatoms. The highest BCUT2D eigenvalue weighted by Gasteiger charge is 2.28. The molecular weight excluding hydrogens is 503 g/mol. The van der Waals surface area contributed by atoms with E-state index in [2.05, 4.69) is 11.6 Å². The summed E-state index contributed by atoms with van der Waals surface area (Å²) in [5.41, 5.74) is 2.22. The molecule has 1 N–H and O–H groups in total. The van der Waals surface area contributed by atoms with Crippen LogP contribution in [0.2, 0.25) is 0 Å². The monoisotopic (exact) mass is 532 g/mol. The standard InChI is InChI=1S/C29H29FN4O5/c1-3-26(36)33-13-5-6-20(18-33)34-29-22(16-31-17-25(29)38-15-14-35)28(32-34)19-9-11-21(12-10-19)39-24-8-4-7-23(37-2)27(24)30/h3-4,7-12,16-17,20,35H,1,5-6,13-15,18H2,2H3. The summed E-state index contributed by atoms with van der Waals surface area (Å²) in [6.07, 6.45) is 6.32. The van der Waals surface area contributed by atoms with Crippen molar-refractivity contribution in [3.8, 4) is 34.3 Å². The van der Waals surface area contributed by atoms with Crippen molar-refractivity contribution in [1.82, 2.24) is 19.7 Å². The number of ether oxygens (including phenoxy) is 3. The summed E-state index contributed by atoms with van der Waals surface area (Å²) in [6, 6.07) is 11.8. The Kier molecular flexibility index (Phi) is 7.74. The second-order valence-electron chi connectivity index (χ2n) is 9.08. The third-order valence-electron chi connectivity index (χ3n) is 6.66. The third kappa shape index (κ3) is 5.28. The fourth-order valence-electron chi connectivity index (χ4n) is 4.81. The largest absolute Gasteiger partial charge is 0.494 e. The Bertz CT molecular complexity index is 1490. The molecule has 4 aromatic rings. The first-order valence-corrected chi connectivity index (χ1v) is 12.7. The smallest absolute Gasteiger partial charge is 0.246 e. The van der Waals surface area contributed by atoms with Crippen LogP contribution in [0.5, 0.6) is 23.0 Å². The first kappa shape index (κ1) is 26.2. The Morgan fingerprint density at radius 2 is 1.97 bits per heavy atom. The van der Waals surface area contributed by atoms with Crippen molar-refractivity contribution in [2.45, 2.75) is 18.9 Å². The van der Waals surface area contributed by atoms with E-state index in [1.807, 2.05) is 16.8 Å². The van der Waals surface area contributed by atoms with E-state index in [9.17, 15) is 14.3 Å². The second-order valence-corrected chi connectivity index (χ2v) is 9.08. The van der Waals surface area contributed by atoms with Gasteiger partial charge in [-0.3, -0.25) is 14.5 Å². The van der Waals surface area contributed by atoms with Crippen molar-refractivity contribution in [1.29, 1.82) is 0 Å². The van der Waals surface area contributed by atoms with Gasteiger partial charge >= 0.3 is 0 Å². The van der Waals surface area contributed by atoms with E-state index >= 15 is 0 Å². The molecular formula is C29H29FN4O5. The maximum Gasteiger partial charge on any atom is 0.246 e. The number of rotatable bonds is 9. The number of amides is 1. The number of carbonyl (C=O) groups excluding carboxylic acids is 1. The zero-order valence-corrected chi connectivity index (χ0v) is 21.5. The summed E-state index contributed by atoms with van der Waals surface area (Å²) in [7, 11) is 1.40. The molecule has 202 valence electrons. The molecule has 1 fully saturated rings. The highest BCUT2D eigenvalue weighted by Crippen LogP contribution is 2.37. The molecule has 1 amide bonds. The Hall–Kier alpha value is -4.44. The Balaban J connectivity index is 1.51. The van der Waals surface area contributed by atoms with Gasteiger partial charge in [-0.25, -0.2) is 0 Å². The number of aliphatic hydroxyl groups is 1. The normalized spacial score (nSPS) is 15.3. The topological polar surface area (TPSA) is 98.9 Å². The molecule has 1 atom stereocenters. The van der Waals surface area contributed by atoms with Crippen LogP contribution in [0.1, 0.15) is 18.9 Å². The van der Waals surface area contributed by atoms with E-state index in [0.717, 1.165) is 29.3 Å². The third-order valence-corrected chi connectivity index (χ3v) is 6.66. The van der Waals surface area contributed by atoms with Gasteiger partial charge in [-0.05, 0) is 55.3 Å². The summed E-state index contributed by atoms with van der Waals surface area (Å²) >= 11 is 0. The number of hydrogen-bond acceptors (Lipinski definition) is 7. The minimum Gasteiger partial charge on any atom is -0.494 e. The zero-order valence-electron chi connectivity index (χ0n) is 21.5. The minimum atomic E-state index is -0.577. The van der Waals surface area contributed by atoms with E-state index in [4.69, 9.17) is 19.3 Å². The number of piperidine rings is 1. The number of carbonyl (C=O) groups is 1. The van der Waals surface area contributed by atoms with Crippen molar-refractivity contribution < 1.29 is 28.5 Å². The van der Waals surface area contributed by atoms with Crippen molar-refractivity contribution in [2.24, 2.45) is 0 Å². The van der Waals surface area contributed by atoms with Crippen LogP contribution in [-0.2, 0) is 4.79 Å². The molecule has 2 aromatic carbocycles. The summed E-state index contributed by atoms with van der Waals surface area (Å²) in [5, 5.41) is 15.1. The number of benzene rings is 2. The van der Waals surface area contributed by atoms with Gasteiger partial charge in [0, 0.05) is 24.8 Å². The predicted octanol–water partition coefficient (Wildman–Crippen LogP) is 4.76. The molecule has 39 heavy (non-hydrogen) atoms. The lowest BCUT2D eigenvalue weighted by Crippen LogP contribution is -2.40. The number of pyridine rings is 1. The molecule has 1 saturated heterocycles. The summed E-state index contributed by atoms with van der Waals surface area (Å²) < 4.78 is 33.1. The maximum atomic E-state index is 14.6. The summed E-state index contributed by atoms with van der Waals surface area (Å²) in [6.45, 7) is 4.74. The number of nitrogens with zero attached hydrogens (tertiary/aromatic N) is 4. The van der Waals surface area contributed by atoms with Crippen LogP contribution < -0.4 is 14.2 Å². The van der Waals surface area contributed by atoms with Gasteiger partial charge in [0.05, 0.1) is 31.3 Å². The Morgan fingerprint density at radius 1 is 1.18 bits per heavy atom. The molecule has 1 aliphatic heterocycles. The molecule has 3 heterocycles. The average Bonchev–Trinajstić information content (AvgIpc) is 3.37. The Morgan fingerprint density at radius 3 is 2.72 bits per heavy atom. The fourth-order valence-corrected chi connectivity index (χ4v) is 4.81. The number of likely N-dealkylation sites (tertiary alicyclic amines) is 1. The van der Waals surface area contributed by atoms with Gasteiger partial charge in [-0.2, -0.15) is 9.49 Å². The molecule has 0 radical (unpaired) electrons. The van der Waals surface area contributed by atoms with Crippen LogP contribution in [0, 0.1) is 5.82 Å². The van der Waals surface area contributed by atoms with E-state index in [0.29, 0.717) is 30.3 Å². The quantitative estimate of drug-likeness (QED) is 0.310. The van der Waals surface area contributed by atoms with Gasteiger partial charge in [0.1, 0.15) is 23.6 Å². The van der Waals surface area contributed by atoms with Crippen LogP contribution in [0.4, 0.5) is 4.39 Å². The lowest BCUT2D eigenvalue weighted by atomic mass is 10.1. The van der Waals surface area contributed by atoms with Gasteiger partial charge in [0.25, 0.3) is 0 Å². The number of hydrogen-bond donors (Lipinski definition) is 1. The van der Waals surface area contributed by atoms with E-state index < -0.39 is 5.82 Å². The van der Waals surface area contributed by atoms with Crippen molar-refractivity contribution in [3.63, 3.8) is 0 Å². The van der Waals surface area contributed by atoms with Crippen molar-refractivity contribution in [2.75, 3.05) is 33.4 Å². The SMILES string of the molecule is C=CC(=O)N1CCCC(n2nc(-c3ccc(Oc4cccc(OC)c4F)cc3)c3cncc(OCCO)c32)C1. The molecule has 2 aromatic heterocycles. The molecule has 0 aliphatic carbocycles. The molecule has 1 aliphatic rings. The van der Waals surface area contributed by atoms with Gasteiger partial charge in [0.15, 0.2) is 17.2 Å². The molecule has 0 saturated carbocycles. The highest BCUT2D eigenvalue weighted by atomic mass is 19.1. The number of methoxy groups -OCH3 is 1. The average molecular weight is 533 g/mol. The first-order valence-electron chi connectivity index (χ1n) is 12.7. The van der Waals surface area contributed by atoms with E-state index in [-0.39, 0.29) is 36.7 Å². The molecule has 5 rings (SSSR count). The molecule has 9 nitrogen and oxygen atoms in total. The summed E-state index contributed by atoms with van der Waals surface area (Å²) in [4.78, 5) is 18.5. The number of fused-ring (bicyclic) bond motifs is 1. The lowest BCUT2D eigenvalue weighted by Gasteiger charge is -2.32. The van der Waals surface area contributed by atoms with Crippen LogP contribution in [0.25, 0.3) is 22.2 Å². The Labute approximate surface area is 225 Å². The molecule has 1 unspecified atom stereocenters. The predicted molar refractivity (Wildman–Crippen MR) is 144 cm³/mol. The van der Waals surface area contributed by atoms with Gasteiger partial charge in [0.2, 0.25) is 11.7 Å². The van der Waals surface area contributed by atoms with E-state index in [1.165, 1.54) is 25.3 Å². The van der Waals surface area contributed by atoms with Crippen LogP contribution in [0.15, 0.2) is 67.5 Å². The van der Waals surface area contributed by atoms with Gasteiger partial charge in [-0.1, -0.05) is 12.6 Å². The van der Waals surface area contributed by atoms with Crippen molar-refractivity contribution >= 4 is 16.8 Å². The maximum absolute atomic E-state index is 14.6. The number of halogens is 1. The van der Waals surface area contributed by atoms with Gasteiger partial charge in [-0.15, -0.1) is 0 Å². The molecule has 0 spiro atoms. The zero-order chi connectivity index (χ0) is 27.4. The summed E-state index contributed by atoms with van der Waals surface area (Å²) in [5.74, 6) is 0.419. The molecule has 0 bridgehead atoms. The van der Waals surface area contributed by atoms with Crippen LogP contribution >= 0.6 is 0 Å². The van der Waals surface area contributed by atoms with Crippen molar-refractivity contribution in [3.05, 3.63) is 73.3 Å². The van der Waals surface area contributed by atoms with Crippen LogP contribution in [-0.4, -0.2) is 64.1 Å². The second kappa shape index (κ2) is 11.5. The van der Waals surface area contributed by atoms with E-state index in [1.54, 1.807) is 35.5 Å². The lowest BCUT2D eigenvalue weighted by molar-refractivity contribution is -0.127. The minimum absolute atomic E-state index is 0.0580. The highest BCUT2D eigenvalue weighted by molar-refractivity contribution is 5.96. The fraction of sp³-hybridized carbons (Fsp3) is 0.276. The number of aromatic nitrogens is 3. The first-order chi connectivity index (χ1) is 19.0.